The summed E-state index contributed by atoms with van der Waals surface area (Å²) in [5, 5.41) is 6.35. The van der Waals surface area contributed by atoms with Crippen molar-refractivity contribution in [3.63, 3.8) is 0 Å². The van der Waals surface area contributed by atoms with E-state index in [4.69, 9.17) is 0 Å². The highest BCUT2D eigenvalue weighted by molar-refractivity contribution is 9.10. The Bertz CT molecular complexity index is 453. The molecule has 98 valence electrons. The van der Waals surface area contributed by atoms with Crippen LogP contribution in [0.15, 0.2) is 22.7 Å². The van der Waals surface area contributed by atoms with Crippen LogP contribution in [0.1, 0.15) is 25.3 Å². The van der Waals surface area contributed by atoms with Crippen LogP contribution in [0.4, 0.5) is 5.69 Å². The molecule has 1 aromatic carbocycles. The molecule has 1 unspecified atom stereocenters. The summed E-state index contributed by atoms with van der Waals surface area (Å²) in [4.78, 5) is 12.4. The SMILES string of the molecule is Cc1c(Br)cccc1NC(=O)C1(C)CCCNC1. The first-order chi connectivity index (χ1) is 8.53. The lowest BCUT2D eigenvalue weighted by atomic mass is 9.82. The van der Waals surface area contributed by atoms with E-state index in [1.165, 1.54) is 0 Å². The van der Waals surface area contributed by atoms with Gasteiger partial charge in [-0.15, -0.1) is 0 Å². The number of benzene rings is 1. The lowest BCUT2D eigenvalue weighted by molar-refractivity contribution is -0.125. The molecule has 0 aromatic heterocycles. The molecule has 1 amide bonds. The van der Waals surface area contributed by atoms with E-state index in [0.29, 0.717) is 0 Å². The van der Waals surface area contributed by atoms with Crippen molar-refractivity contribution in [2.24, 2.45) is 5.41 Å². The molecule has 1 aliphatic rings. The van der Waals surface area contributed by atoms with E-state index in [1.807, 2.05) is 32.0 Å². The quantitative estimate of drug-likeness (QED) is 0.881. The van der Waals surface area contributed by atoms with Crippen molar-refractivity contribution in [3.8, 4) is 0 Å². The van der Waals surface area contributed by atoms with Gasteiger partial charge in [0.1, 0.15) is 0 Å². The Morgan fingerprint density at radius 3 is 2.94 bits per heavy atom. The minimum Gasteiger partial charge on any atom is -0.325 e. The van der Waals surface area contributed by atoms with Crippen molar-refractivity contribution in [1.82, 2.24) is 5.32 Å². The minimum atomic E-state index is -0.299. The molecule has 0 bridgehead atoms. The average Bonchev–Trinajstić information content (AvgIpc) is 2.36. The van der Waals surface area contributed by atoms with Crippen LogP contribution in [0.5, 0.6) is 0 Å². The monoisotopic (exact) mass is 310 g/mol. The molecule has 1 atom stereocenters. The number of anilines is 1. The molecular formula is C14H19BrN2O. The summed E-state index contributed by atoms with van der Waals surface area (Å²) in [5.41, 5.74) is 1.66. The molecular weight excluding hydrogens is 292 g/mol. The second-order valence-corrected chi connectivity index (χ2v) is 6.06. The molecule has 0 saturated carbocycles. The number of amides is 1. The number of piperidine rings is 1. The van der Waals surface area contributed by atoms with Gasteiger partial charge in [0.25, 0.3) is 0 Å². The first kappa shape index (κ1) is 13.6. The third-order valence-electron chi connectivity index (χ3n) is 3.66. The van der Waals surface area contributed by atoms with Crippen LogP contribution < -0.4 is 10.6 Å². The maximum atomic E-state index is 12.4. The van der Waals surface area contributed by atoms with E-state index in [2.05, 4.69) is 26.6 Å². The first-order valence-electron chi connectivity index (χ1n) is 6.30. The minimum absolute atomic E-state index is 0.107. The third-order valence-corrected chi connectivity index (χ3v) is 4.52. The van der Waals surface area contributed by atoms with Crippen molar-refractivity contribution in [2.45, 2.75) is 26.7 Å². The third kappa shape index (κ3) is 2.75. The van der Waals surface area contributed by atoms with Gasteiger partial charge in [-0.1, -0.05) is 22.0 Å². The summed E-state index contributed by atoms with van der Waals surface area (Å²) in [5.74, 6) is 0.107. The van der Waals surface area contributed by atoms with Crippen LogP contribution in [-0.4, -0.2) is 19.0 Å². The summed E-state index contributed by atoms with van der Waals surface area (Å²) >= 11 is 3.48. The van der Waals surface area contributed by atoms with E-state index in [1.54, 1.807) is 0 Å². The van der Waals surface area contributed by atoms with Crippen LogP contribution in [0.3, 0.4) is 0 Å². The number of hydrogen-bond acceptors (Lipinski definition) is 2. The van der Waals surface area contributed by atoms with Crippen molar-refractivity contribution in [2.75, 3.05) is 18.4 Å². The van der Waals surface area contributed by atoms with Gasteiger partial charge in [0.2, 0.25) is 5.91 Å². The van der Waals surface area contributed by atoms with Gasteiger partial charge in [0.15, 0.2) is 0 Å². The van der Waals surface area contributed by atoms with Crippen molar-refractivity contribution >= 4 is 27.5 Å². The summed E-state index contributed by atoms with van der Waals surface area (Å²) in [6.45, 7) is 5.80. The van der Waals surface area contributed by atoms with Gasteiger partial charge >= 0.3 is 0 Å². The fourth-order valence-electron chi connectivity index (χ4n) is 2.27. The Labute approximate surface area is 116 Å². The highest BCUT2D eigenvalue weighted by Crippen LogP contribution is 2.29. The molecule has 18 heavy (non-hydrogen) atoms. The molecule has 1 aliphatic heterocycles. The second kappa shape index (κ2) is 5.41. The topological polar surface area (TPSA) is 41.1 Å². The summed E-state index contributed by atoms with van der Waals surface area (Å²) in [6, 6.07) is 5.86. The second-order valence-electron chi connectivity index (χ2n) is 5.21. The Morgan fingerprint density at radius 1 is 1.50 bits per heavy atom. The number of hydrogen-bond donors (Lipinski definition) is 2. The van der Waals surface area contributed by atoms with Gasteiger partial charge < -0.3 is 10.6 Å². The molecule has 0 radical (unpaired) electrons. The summed E-state index contributed by atoms with van der Waals surface area (Å²) in [6.07, 6.45) is 2.00. The fourth-order valence-corrected chi connectivity index (χ4v) is 2.63. The van der Waals surface area contributed by atoms with Gasteiger partial charge in [0.05, 0.1) is 5.41 Å². The highest BCUT2D eigenvalue weighted by Gasteiger charge is 2.34. The molecule has 2 N–H and O–H groups in total. The molecule has 0 aliphatic carbocycles. The van der Waals surface area contributed by atoms with Crippen LogP contribution in [0.2, 0.25) is 0 Å². The van der Waals surface area contributed by atoms with Crippen molar-refractivity contribution < 1.29 is 4.79 Å². The number of rotatable bonds is 2. The average molecular weight is 311 g/mol. The molecule has 0 spiro atoms. The lowest BCUT2D eigenvalue weighted by Gasteiger charge is -2.32. The number of halogens is 1. The zero-order chi connectivity index (χ0) is 13.2. The van der Waals surface area contributed by atoms with Crippen LogP contribution >= 0.6 is 15.9 Å². The van der Waals surface area contributed by atoms with Crippen molar-refractivity contribution in [3.05, 3.63) is 28.2 Å². The summed E-state index contributed by atoms with van der Waals surface area (Å²) < 4.78 is 1.02. The Kier molecular flexibility index (Phi) is 4.07. The maximum absolute atomic E-state index is 12.4. The zero-order valence-corrected chi connectivity index (χ0v) is 12.4. The maximum Gasteiger partial charge on any atom is 0.231 e. The fraction of sp³-hybridized carbons (Fsp3) is 0.500. The number of nitrogens with one attached hydrogen (secondary N) is 2. The smallest absolute Gasteiger partial charge is 0.231 e. The Hall–Kier alpha value is -0.870. The van der Waals surface area contributed by atoms with Gasteiger partial charge in [-0.2, -0.15) is 0 Å². The molecule has 3 nitrogen and oxygen atoms in total. The zero-order valence-electron chi connectivity index (χ0n) is 10.8. The first-order valence-corrected chi connectivity index (χ1v) is 7.09. The van der Waals surface area contributed by atoms with Crippen LogP contribution in [0.25, 0.3) is 0 Å². The van der Waals surface area contributed by atoms with Gasteiger partial charge in [-0.3, -0.25) is 4.79 Å². The van der Waals surface area contributed by atoms with Gasteiger partial charge in [0, 0.05) is 16.7 Å². The molecule has 1 fully saturated rings. The molecule has 1 saturated heterocycles. The molecule has 2 rings (SSSR count). The van der Waals surface area contributed by atoms with Gasteiger partial charge in [-0.05, 0) is 50.9 Å². The largest absolute Gasteiger partial charge is 0.325 e. The predicted octanol–water partition coefficient (Wildman–Crippen LogP) is 3.09. The molecule has 1 aromatic rings. The van der Waals surface area contributed by atoms with Crippen molar-refractivity contribution in [1.29, 1.82) is 0 Å². The lowest BCUT2D eigenvalue weighted by Crippen LogP contribution is -2.46. The molecule has 4 heteroatoms. The van der Waals surface area contributed by atoms with E-state index in [9.17, 15) is 4.79 Å². The Balaban J connectivity index is 2.13. The normalized spacial score (nSPS) is 23.7. The highest BCUT2D eigenvalue weighted by atomic mass is 79.9. The Morgan fingerprint density at radius 2 is 2.28 bits per heavy atom. The van der Waals surface area contributed by atoms with Crippen LogP contribution in [0, 0.1) is 12.3 Å². The van der Waals surface area contributed by atoms with Crippen LogP contribution in [-0.2, 0) is 4.79 Å². The van der Waals surface area contributed by atoms with E-state index >= 15 is 0 Å². The van der Waals surface area contributed by atoms with E-state index in [0.717, 1.165) is 41.7 Å². The number of carbonyl (C=O) groups is 1. The van der Waals surface area contributed by atoms with E-state index in [-0.39, 0.29) is 11.3 Å². The van der Waals surface area contributed by atoms with E-state index < -0.39 is 0 Å². The number of carbonyl (C=O) groups excluding carboxylic acids is 1. The standard InChI is InChI=1S/C14H19BrN2O/c1-10-11(15)5-3-6-12(10)17-13(18)14(2)7-4-8-16-9-14/h3,5-6,16H,4,7-9H2,1-2H3,(H,17,18). The summed E-state index contributed by atoms with van der Waals surface area (Å²) in [7, 11) is 0. The molecule has 1 heterocycles. The van der Waals surface area contributed by atoms with Gasteiger partial charge in [-0.25, -0.2) is 0 Å². The predicted molar refractivity (Wildman–Crippen MR) is 77.7 cm³/mol.